The molecule has 0 saturated carbocycles. The number of rotatable bonds is 9. The number of H-pyrrole nitrogens is 1. The average molecular weight is 622 g/mol. The molecular formula is C34H32FN7O4. The van der Waals surface area contributed by atoms with Gasteiger partial charge >= 0.3 is 5.76 Å². The lowest BCUT2D eigenvalue weighted by Gasteiger charge is -2.39. The van der Waals surface area contributed by atoms with Gasteiger partial charge in [-0.15, -0.1) is 0 Å². The Balaban J connectivity index is 0.993. The lowest BCUT2D eigenvalue weighted by atomic mass is 9.87. The molecule has 2 unspecified atom stereocenters. The maximum atomic E-state index is 14.4. The van der Waals surface area contributed by atoms with Crippen molar-refractivity contribution in [3.05, 3.63) is 93.6 Å². The third kappa shape index (κ3) is 5.46. The van der Waals surface area contributed by atoms with E-state index in [2.05, 4.69) is 25.7 Å². The average Bonchev–Trinajstić information content (AvgIpc) is 3.70. The van der Waals surface area contributed by atoms with Crippen LogP contribution in [0.2, 0.25) is 0 Å². The smallest absolute Gasteiger partial charge is 0.439 e. The Hall–Kier alpha value is -4.86. The van der Waals surface area contributed by atoms with Crippen LogP contribution in [0.15, 0.2) is 63.9 Å². The summed E-state index contributed by atoms with van der Waals surface area (Å²) in [5, 5.41) is 12.9. The predicted octanol–water partition coefficient (Wildman–Crippen LogP) is 5.06. The van der Waals surface area contributed by atoms with Gasteiger partial charge in [-0.3, -0.25) is 14.4 Å². The van der Waals surface area contributed by atoms with Crippen LogP contribution in [0.5, 0.6) is 5.88 Å². The highest BCUT2D eigenvalue weighted by atomic mass is 19.1. The fourth-order valence-corrected chi connectivity index (χ4v) is 7.19. The van der Waals surface area contributed by atoms with Crippen molar-refractivity contribution in [2.24, 2.45) is 0 Å². The molecule has 234 valence electrons. The molecule has 0 radical (unpaired) electrons. The number of fused-ring (bicyclic) bond motifs is 3. The number of halogens is 1. The summed E-state index contributed by atoms with van der Waals surface area (Å²) in [6.45, 7) is 2.29. The number of nitrogens with zero attached hydrogens (tertiary/aromatic N) is 6. The van der Waals surface area contributed by atoms with Crippen LogP contribution < -0.4 is 10.5 Å². The first kappa shape index (κ1) is 28.6. The minimum atomic E-state index is -0.584. The summed E-state index contributed by atoms with van der Waals surface area (Å²) in [5.41, 5.74) is 4.31. The van der Waals surface area contributed by atoms with Gasteiger partial charge in [-0.05, 0) is 68.5 Å². The first-order valence-corrected chi connectivity index (χ1v) is 15.7. The van der Waals surface area contributed by atoms with Gasteiger partial charge in [0.1, 0.15) is 18.2 Å². The number of aromatic amines is 1. The molecule has 3 aromatic heterocycles. The lowest BCUT2D eigenvalue weighted by Crippen LogP contribution is -2.42. The summed E-state index contributed by atoms with van der Waals surface area (Å²) >= 11 is 0. The quantitative estimate of drug-likeness (QED) is 0.240. The highest BCUT2D eigenvalue weighted by Gasteiger charge is 2.42. The van der Waals surface area contributed by atoms with E-state index in [1.165, 1.54) is 6.07 Å². The number of hydrogen-bond acceptors (Lipinski definition) is 9. The summed E-state index contributed by atoms with van der Waals surface area (Å²) in [6.07, 6.45) is 5.42. The zero-order chi connectivity index (χ0) is 31.2. The minimum absolute atomic E-state index is 0.0443. The van der Waals surface area contributed by atoms with Crippen molar-refractivity contribution in [2.45, 2.75) is 75.9 Å². The molecule has 2 aromatic carbocycles. The van der Waals surface area contributed by atoms with Crippen molar-refractivity contribution < 1.29 is 18.4 Å². The van der Waals surface area contributed by atoms with E-state index in [0.29, 0.717) is 35.3 Å². The van der Waals surface area contributed by atoms with Crippen molar-refractivity contribution in [1.29, 1.82) is 5.26 Å². The van der Waals surface area contributed by atoms with Crippen LogP contribution >= 0.6 is 0 Å². The second kappa shape index (κ2) is 11.8. The molecule has 5 aromatic rings. The predicted molar refractivity (Wildman–Crippen MR) is 164 cm³/mol. The zero-order valence-electron chi connectivity index (χ0n) is 25.1. The van der Waals surface area contributed by atoms with Crippen LogP contribution in [-0.2, 0) is 24.4 Å². The van der Waals surface area contributed by atoms with Crippen LogP contribution in [0.1, 0.15) is 60.7 Å². The Labute approximate surface area is 263 Å². The molecule has 1 N–H and O–H groups in total. The molecule has 3 saturated heterocycles. The van der Waals surface area contributed by atoms with E-state index in [0.717, 1.165) is 79.9 Å². The van der Waals surface area contributed by atoms with Crippen LogP contribution in [0, 0.1) is 17.1 Å². The van der Waals surface area contributed by atoms with E-state index in [1.807, 2.05) is 30.3 Å². The molecule has 8 rings (SSSR count). The number of piperidine rings is 1. The Kier molecular flexibility index (Phi) is 7.35. The normalized spacial score (nSPS) is 22.5. The summed E-state index contributed by atoms with van der Waals surface area (Å²) in [5.74, 6) is 1.13. The first-order chi connectivity index (χ1) is 22.5. The van der Waals surface area contributed by atoms with Crippen molar-refractivity contribution in [3.63, 3.8) is 0 Å². The topological polar surface area (TPSA) is 135 Å². The van der Waals surface area contributed by atoms with Gasteiger partial charge in [-0.1, -0.05) is 17.3 Å². The van der Waals surface area contributed by atoms with Gasteiger partial charge in [0.25, 0.3) is 0 Å². The van der Waals surface area contributed by atoms with Crippen LogP contribution in [0.4, 0.5) is 4.39 Å². The van der Waals surface area contributed by atoms with Crippen molar-refractivity contribution >= 4 is 11.0 Å². The van der Waals surface area contributed by atoms with Gasteiger partial charge in [0.05, 0.1) is 41.9 Å². The number of benzene rings is 2. The number of pyridine rings is 1. The third-order valence-corrected chi connectivity index (χ3v) is 9.65. The summed E-state index contributed by atoms with van der Waals surface area (Å²) < 4.78 is 33.1. The first-order valence-electron chi connectivity index (χ1n) is 15.7. The Morgan fingerprint density at radius 2 is 1.91 bits per heavy atom. The van der Waals surface area contributed by atoms with Gasteiger partial charge in [0.2, 0.25) is 5.88 Å². The summed E-state index contributed by atoms with van der Waals surface area (Å²) in [4.78, 5) is 26.7. The molecule has 3 atom stereocenters. The van der Waals surface area contributed by atoms with Gasteiger partial charge in [0.15, 0.2) is 5.82 Å². The second-order valence-corrected chi connectivity index (χ2v) is 12.4. The van der Waals surface area contributed by atoms with Gasteiger partial charge in [0, 0.05) is 47.5 Å². The third-order valence-electron chi connectivity index (χ3n) is 9.65. The van der Waals surface area contributed by atoms with E-state index in [9.17, 15) is 9.18 Å². The van der Waals surface area contributed by atoms with Gasteiger partial charge < -0.3 is 14.0 Å². The molecule has 3 fully saturated rings. The number of ether oxygens (including phenoxy) is 2. The lowest BCUT2D eigenvalue weighted by molar-refractivity contribution is -0.0593. The van der Waals surface area contributed by atoms with E-state index in [4.69, 9.17) is 29.2 Å². The number of nitriles is 1. The SMILES string of the molecule is N#Cc1ccc(COc2cccc(C3CC4CCC(C3)N4Cc3nc4ccc(-c5noc(=O)[nH]5)cc4n3C[C@@H]3CCO3)n2)c(F)c1. The monoisotopic (exact) mass is 621 g/mol. The maximum Gasteiger partial charge on any atom is 0.439 e. The number of imidazole rings is 1. The zero-order valence-corrected chi connectivity index (χ0v) is 25.1. The Morgan fingerprint density at radius 1 is 1.07 bits per heavy atom. The van der Waals surface area contributed by atoms with Crippen molar-refractivity contribution in [2.75, 3.05) is 6.61 Å². The largest absolute Gasteiger partial charge is 0.473 e. The Morgan fingerprint density at radius 3 is 2.63 bits per heavy atom. The molecule has 3 aliphatic heterocycles. The standard InChI is InChI=1S/C34H32FN7O4/c35-27-12-20(16-36)4-5-22(27)19-45-32-3-1-2-28(38-32)23-13-24-7-8-25(14-23)41(24)18-31-37-29-9-6-21(33-39-34(43)46-40-33)15-30(29)42(31)17-26-10-11-44-26/h1-6,9,12,15,23-26H,7-8,10-11,13-14,17-19H2,(H,39,40,43)/t23?,24?,25?,26-/m0/s1. The van der Waals surface area contributed by atoms with Gasteiger partial charge in [-0.25, -0.2) is 19.2 Å². The fourth-order valence-electron chi connectivity index (χ4n) is 7.19. The number of nitrogens with one attached hydrogen (secondary N) is 1. The van der Waals surface area contributed by atoms with Crippen LogP contribution in [-0.4, -0.2) is 54.4 Å². The second-order valence-electron chi connectivity index (χ2n) is 12.4. The highest BCUT2D eigenvalue weighted by molar-refractivity contribution is 5.81. The molecule has 0 spiro atoms. The molecule has 11 nitrogen and oxygen atoms in total. The molecule has 3 aliphatic rings. The van der Waals surface area contributed by atoms with Gasteiger partial charge in [-0.2, -0.15) is 5.26 Å². The van der Waals surface area contributed by atoms with E-state index < -0.39 is 11.6 Å². The maximum absolute atomic E-state index is 14.4. The molecule has 2 bridgehead atoms. The summed E-state index contributed by atoms with van der Waals surface area (Å²) in [7, 11) is 0. The summed E-state index contributed by atoms with van der Waals surface area (Å²) in [6, 6.07) is 18.9. The van der Waals surface area contributed by atoms with Crippen molar-refractivity contribution in [3.8, 4) is 23.3 Å². The fraction of sp³-hybridized carbons (Fsp3) is 0.382. The molecular weight excluding hydrogens is 589 g/mol. The van der Waals surface area contributed by atoms with Crippen LogP contribution in [0.25, 0.3) is 22.4 Å². The Bertz CT molecular complexity index is 1990. The molecule has 0 aliphatic carbocycles. The number of aromatic nitrogens is 5. The highest BCUT2D eigenvalue weighted by Crippen LogP contribution is 2.44. The molecule has 12 heteroatoms. The van der Waals surface area contributed by atoms with E-state index >= 15 is 0 Å². The number of hydrogen-bond donors (Lipinski definition) is 1. The van der Waals surface area contributed by atoms with E-state index in [-0.39, 0.29) is 18.3 Å². The molecule has 6 heterocycles. The van der Waals surface area contributed by atoms with E-state index in [1.54, 1.807) is 18.2 Å². The van der Waals surface area contributed by atoms with Crippen molar-refractivity contribution in [1.82, 2.24) is 29.6 Å². The minimum Gasteiger partial charge on any atom is -0.473 e. The molecule has 0 amide bonds. The molecule has 46 heavy (non-hydrogen) atoms. The van der Waals surface area contributed by atoms with Crippen LogP contribution in [0.3, 0.4) is 0 Å².